The lowest BCUT2D eigenvalue weighted by Crippen LogP contribution is -2.05. The fraction of sp³-hybridized carbons (Fsp3) is 0.0286. The lowest BCUT2D eigenvalue weighted by atomic mass is 9.92. The zero-order valence-electron chi connectivity index (χ0n) is 21.1. The van der Waals surface area contributed by atoms with Crippen LogP contribution in [0.5, 0.6) is 0 Å². The number of hydrogen-bond acceptors (Lipinski definition) is 4. The van der Waals surface area contributed by atoms with Crippen LogP contribution in [0, 0.1) is 12.1 Å². The number of rotatable bonds is 4. The first kappa shape index (κ1) is 23.0. The third-order valence-electron chi connectivity index (χ3n) is 7.83. The standard InChI is InChI=1S/C35H20O4S/c36-20-21-7-5-9-23(17-21)40(37,38)33-14-4-2-11-25(33)27-16-15-22-8-6-12-26-28-19-32-29(18-30(28)35(27)34(22)26)24-10-1-3-13-31(24)39-32/h2-9,11-19,36H,20H2. The first-order valence-electron chi connectivity index (χ1n) is 12.9. The van der Waals surface area contributed by atoms with Gasteiger partial charge in [0.15, 0.2) is 0 Å². The highest BCUT2D eigenvalue weighted by molar-refractivity contribution is 7.91. The molecule has 0 unspecified atom stereocenters. The van der Waals surface area contributed by atoms with E-state index in [0.29, 0.717) is 11.1 Å². The summed E-state index contributed by atoms with van der Waals surface area (Å²) in [5, 5.41) is 13.6. The molecule has 0 atom stereocenters. The number of sulfone groups is 1. The van der Waals surface area contributed by atoms with E-state index in [2.05, 4.69) is 42.5 Å². The lowest BCUT2D eigenvalue weighted by Gasteiger charge is -2.15. The minimum absolute atomic E-state index is 0.156. The molecule has 4 nitrogen and oxygen atoms in total. The molecule has 1 aliphatic rings. The Morgan fingerprint density at radius 3 is 2.48 bits per heavy atom. The summed E-state index contributed by atoms with van der Waals surface area (Å²) in [5.74, 6) is 0. The number of aliphatic hydroxyl groups excluding tert-OH is 1. The van der Waals surface area contributed by atoms with Crippen molar-refractivity contribution < 1.29 is 17.9 Å². The fourth-order valence-electron chi connectivity index (χ4n) is 6.04. The van der Waals surface area contributed by atoms with E-state index < -0.39 is 9.84 Å². The van der Waals surface area contributed by atoms with Gasteiger partial charge in [0, 0.05) is 10.9 Å². The van der Waals surface area contributed by atoms with Gasteiger partial charge in [-0.05, 0) is 86.6 Å². The largest absolute Gasteiger partial charge is 0.455 e. The van der Waals surface area contributed by atoms with Gasteiger partial charge in [0.25, 0.3) is 0 Å². The zero-order valence-corrected chi connectivity index (χ0v) is 21.9. The van der Waals surface area contributed by atoms with Crippen molar-refractivity contribution in [2.45, 2.75) is 16.4 Å². The van der Waals surface area contributed by atoms with Crippen LogP contribution in [-0.4, -0.2) is 13.5 Å². The minimum Gasteiger partial charge on any atom is -0.455 e. The van der Waals surface area contributed by atoms with E-state index in [1.165, 1.54) is 6.07 Å². The normalized spacial score (nSPS) is 12.2. The summed E-state index contributed by atoms with van der Waals surface area (Å²) in [7, 11) is -3.88. The van der Waals surface area contributed by atoms with Crippen LogP contribution < -0.4 is 0 Å². The quantitative estimate of drug-likeness (QED) is 0.248. The van der Waals surface area contributed by atoms with Crippen LogP contribution in [0.2, 0.25) is 0 Å². The van der Waals surface area contributed by atoms with Crippen molar-refractivity contribution >= 4 is 42.5 Å². The molecule has 1 N–H and O–H groups in total. The second-order valence-corrected chi connectivity index (χ2v) is 12.0. The summed E-state index contributed by atoms with van der Waals surface area (Å²) in [6.45, 7) is -0.230. The molecule has 8 rings (SSSR count). The highest BCUT2D eigenvalue weighted by atomic mass is 32.2. The van der Waals surface area contributed by atoms with Gasteiger partial charge in [0.2, 0.25) is 9.84 Å². The molecule has 0 saturated carbocycles. The van der Waals surface area contributed by atoms with Gasteiger partial charge in [0.1, 0.15) is 11.2 Å². The maximum atomic E-state index is 14.0. The third-order valence-corrected chi connectivity index (χ3v) is 9.64. The summed E-state index contributed by atoms with van der Waals surface area (Å²) >= 11 is 0. The topological polar surface area (TPSA) is 67.5 Å². The molecule has 1 aromatic heterocycles. The van der Waals surface area contributed by atoms with Crippen molar-refractivity contribution in [3.05, 3.63) is 121 Å². The first-order valence-corrected chi connectivity index (χ1v) is 14.4. The summed E-state index contributed by atoms with van der Waals surface area (Å²) < 4.78 is 34.2. The molecule has 0 amide bonds. The Labute approximate surface area is 230 Å². The number of hydrogen-bond donors (Lipinski definition) is 1. The van der Waals surface area contributed by atoms with Gasteiger partial charge in [-0.15, -0.1) is 0 Å². The van der Waals surface area contributed by atoms with Gasteiger partial charge in [-0.1, -0.05) is 72.8 Å². The van der Waals surface area contributed by atoms with Crippen molar-refractivity contribution in [2.75, 3.05) is 0 Å². The van der Waals surface area contributed by atoms with Crippen molar-refractivity contribution in [3.63, 3.8) is 0 Å². The number of fused-ring (bicyclic) bond motifs is 6. The summed E-state index contributed by atoms with van der Waals surface area (Å²) in [5.41, 5.74) is 7.75. The summed E-state index contributed by atoms with van der Waals surface area (Å²) in [4.78, 5) is 0.382. The molecular weight excluding hydrogens is 516 g/mol. The van der Waals surface area contributed by atoms with Crippen LogP contribution in [0.3, 0.4) is 0 Å². The van der Waals surface area contributed by atoms with E-state index in [4.69, 9.17) is 4.42 Å². The van der Waals surface area contributed by atoms with Gasteiger partial charge >= 0.3 is 0 Å². The third kappa shape index (κ3) is 3.15. The molecule has 0 fully saturated rings. The SMILES string of the molecule is O=S(=O)(c1cccc(CO)c1)c1ccccc1-c1ccc2cccc3c2c1-c1cc2c(cc1-3)oc1ccc#cc12. The van der Waals surface area contributed by atoms with E-state index in [-0.39, 0.29) is 16.4 Å². The highest BCUT2D eigenvalue weighted by Gasteiger charge is 2.29. The van der Waals surface area contributed by atoms with Gasteiger partial charge in [-0.3, -0.25) is 0 Å². The van der Waals surface area contributed by atoms with Gasteiger partial charge in [-0.25, -0.2) is 8.42 Å². The Morgan fingerprint density at radius 2 is 1.57 bits per heavy atom. The van der Waals surface area contributed by atoms with E-state index in [1.54, 1.807) is 36.4 Å². The molecule has 40 heavy (non-hydrogen) atoms. The van der Waals surface area contributed by atoms with Crippen LogP contribution in [-0.2, 0) is 16.4 Å². The molecule has 0 spiro atoms. The maximum Gasteiger partial charge on any atom is 0.207 e. The number of aliphatic hydroxyl groups is 1. The molecule has 1 heterocycles. The molecule has 6 aromatic carbocycles. The Hall–Kier alpha value is -4.89. The smallest absolute Gasteiger partial charge is 0.207 e. The van der Waals surface area contributed by atoms with E-state index >= 15 is 0 Å². The fourth-order valence-corrected chi connectivity index (χ4v) is 7.58. The monoisotopic (exact) mass is 536 g/mol. The Kier molecular flexibility index (Phi) is 4.78. The summed E-state index contributed by atoms with van der Waals surface area (Å²) in [6, 6.07) is 38.1. The average Bonchev–Trinajstić information content (AvgIpc) is 3.53. The summed E-state index contributed by atoms with van der Waals surface area (Å²) in [6.07, 6.45) is 0. The van der Waals surface area contributed by atoms with Crippen LogP contribution >= 0.6 is 0 Å². The Balaban J connectivity index is 1.43. The lowest BCUT2D eigenvalue weighted by molar-refractivity contribution is 0.281. The first-order chi connectivity index (χ1) is 19.5. The average molecular weight is 537 g/mol. The van der Waals surface area contributed by atoms with Gasteiger partial charge < -0.3 is 9.52 Å². The van der Waals surface area contributed by atoms with Crippen molar-refractivity contribution in [2.24, 2.45) is 0 Å². The molecular formula is C35H20O4S. The van der Waals surface area contributed by atoms with Crippen LogP contribution in [0.4, 0.5) is 0 Å². The van der Waals surface area contributed by atoms with Crippen LogP contribution in [0.25, 0.3) is 66.1 Å². The zero-order chi connectivity index (χ0) is 27.0. The van der Waals surface area contributed by atoms with Crippen molar-refractivity contribution in [3.8, 4) is 33.4 Å². The molecule has 190 valence electrons. The van der Waals surface area contributed by atoms with Gasteiger partial charge in [0.05, 0.1) is 21.8 Å². The van der Waals surface area contributed by atoms with Crippen LogP contribution in [0.1, 0.15) is 5.56 Å². The molecule has 1 aliphatic carbocycles. The number of benzene rings is 5. The second kappa shape index (κ2) is 8.30. The molecule has 0 bridgehead atoms. The maximum absolute atomic E-state index is 14.0. The molecule has 7 aromatic rings. The van der Waals surface area contributed by atoms with Crippen molar-refractivity contribution in [1.82, 2.24) is 0 Å². The second-order valence-electron chi connectivity index (χ2n) is 10.0. The van der Waals surface area contributed by atoms with E-state index in [9.17, 15) is 13.5 Å². The van der Waals surface area contributed by atoms with Crippen LogP contribution in [0.15, 0.2) is 117 Å². The predicted molar refractivity (Wildman–Crippen MR) is 157 cm³/mol. The molecule has 5 heteroatoms. The van der Waals surface area contributed by atoms with Gasteiger partial charge in [-0.2, -0.15) is 0 Å². The van der Waals surface area contributed by atoms with Crippen molar-refractivity contribution in [1.29, 1.82) is 0 Å². The Bertz CT molecular complexity index is 2280. The highest BCUT2D eigenvalue weighted by Crippen LogP contribution is 2.53. The number of furan rings is 1. The Morgan fingerprint density at radius 1 is 0.725 bits per heavy atom. The predicted octanol–water partition coefficient (Wildman–Crippen LogP) is 7.98. The minimum atomic E-state index is -3.88. The van der Waals surface area contributed by atoms with E-state index in [1.807, 2.05) is 30.3 Å². The molecule has 0 radical (unpaired) electrons. The molecule has 0 aliphatic heterocycles. The molecule has 0 saturated heterocycles. The van der Waals surface area contributed by atoms with E-state index in [0.717, 1.165) is 60.5 Å².